The lowest BCUT2D eigenvalue weighted by Crippen LogP contribution is -2.49. The topological polar surface area (TPSA) is 38.5 Å². The summed E-state index contributed by atoms with van der Waals surface area (Å²) in [6.45, 7) is 9.29. The van der Waals surface area contributed by atoms with Gasteiger partial charge in [0.1, 0.15) is 11.4 Å². The summed E-state index contributed by atoms with van der Waals surface area (Å²) < 4.78 is 6.56. The quantitative estimate of drug-likeness (QED) is 0.479. The van der Waals surface area contributed by atoms with Crippen LogP contribution in [0.15, 0.2) is 66.7 Å². The van der Waals surface area contributed by atoms with Crippen molar-refractivity contribution in [3.63, 3.8) is 0 Å². The average Bonchev–Trinajstić information content (AvgIpc) is 3.06. The molecule has 0 aliphatic carbocycles. The molecule has 0 fully saturated rings. The highest BCUT2D eigenvalue weighted by molar-refractivity contribution is 5.53. The van der Waals surface area contributed by atoms with Crippen molar-refractivity contribution in [2.75, 3.05) is 6.54 Å². The predicted octanol–water partition coefficient (Wildman–Crippen LogP) is 5.27. The molecule has 0 bridgehead atoms. The largest absolute Gasteiger partial charge is 0.485 e. The van der Waals surface area contributed by atoms with Crippen LogP contribution in [0.3, 0.4) is 0 Å². The number of nitrogens with two attached hydrogens (primary N) is 1. The predicted molar refractivity (Wildman–Crippen MR) is 119 cm³/mol. The molecular formula is C26H30N2O. The van der Waals surface area contributed by atoms with Crippen LogP contribution in [0.5, 0.6) is 5.75 Å². The maximum absolute atomic E-state index is 6.74. The zero-order chi connectivity index (χ0) is 20.6. The van der Waals surface area contributed by atoms with Crippen molar-refractivity contribution in [2.45, 2.75) is 45.8 Å². The van der Waals surface area contributed by atoms with E-state index in [2.05, 4.69) is 82.3 Å². The summed E-state index contributed by atoms with van der Waals surface area (Å²) in [5.74, 6) is 7.79. The second-order valence-electron chi connectivity index (χ2n) is 8.57. The molecule has 29 heavy (non-hydrogen) atoms. The van der Waals surface area contributed by atoms with Crippen molar-refractivity contribution in [1.82, 2.24) is 5.01 Å². The van der Waals surface area contributed by atoms with Gasteiger partial charge >= 0.3 is 0 Å². The number of aryl methyl sites for hydroxylation is 2. The van der Waals surface area contributed by atoms with Crippen LogP contribution in [-0.4, -0.2) is 17.2 Å². The smallest absolute Gasteiger partial charge is 0.126 e. The number of hydrogen-bond donors (Lipinski definition) is 1. The summed E-state index contributed by atoms with van der Waals surface area (Å²) in [6, 6.07) is 23.2. The van der Waals surface area contributed by atoms with Gasteiger partial charge in [0.2, 0.25) is 0 Å². The molecule has 3 heteroatoms. The van der Waals surface area contributed by atoms with Crippen LogP contribution in [0.4, 0.5) is 0 Å². The van der Waals surface area contributed by atoms with Gasteiger partial charge in [-0.1, -0.05) is 66.7 Å². The molecule has 4 rings (SSSR count). The summed E-state index contributed by atoms with van der Waals surface area (Å²) in [7, 11) is 0. The first-order chi connectivity index (χ1) is 13.9. The Morgan fingerprint density at radius 1 is 0.931 bits per heavy atom. The first-order valence-corrected chi connectivity index (χ1v) is 10.3. The van der Waals surface area contributed by atoms with Gasteiger partial charge in [-0.3, -0.25) is 5.84 Å². The Balaban J connectivity index is 1.64. The summed E-state index contributed by atoms with van der Waals surface area (Å²) >= 11 is 0. The zero-order valence-corrected chi connectivity index (χ0v) is 17.8. The van der Waals surface area contributed by atoms with Gasteiger partial charge in [-0.15, -0.1) is 0 Å². The van der Waals surface area contributed by atoms with E-state index in [0.717, 1.165) is 12.2 Å². The molecule has 0 saturated carbocycles. The van der Waals surface area contributed by atoms with Gasteiger partial charge in [0.15, 0.2) is 0 Å². The Kier molecular flexibility index (Phi) is 5.20. The van der Waals surface area contributed by atoms with Gasteiger partial charge in [-0.2, -0.15) is 0 Å². The lowest BCUT2D eigenvalue weighted by atomic mass is 9.92. The standard InChI is InChI=1S/C26H30N2O/c1-18-15-19(2)23-16-26(4,29-25(23)20(18)3)17-28(27)24(21-11-7-5-8-12-21)22-13-9-6-10-14-22/h5-15,24H,16-17,27H2,1-4H3. The van der Waals surface area contributed by atoms with E-state index >= 15 is 0 Å². The van der Waals surface area contributed by atoms with Gasteiger partial charge in [0.05, 0.1) is 12.6 Å². The highest BCUT2D eigenvalue weighted by Crippen LogP contribution is 2.42. The molecule has 1 unspecified atom stereocenters. The number of ether oxygens (including phenoxy) is 1. The van der Waals surface area contributed by atoms with E-state index in [-0.39, 0.29) is 11.6 Å². The number of nitrogens with zero attached hydrogens (tertiary/aromatic N) is 1. The third kappa shape index (κ3) is 3.81. The maximum atomic E-state index is 6.74. The minimum absolute atomic E-state index is 0.0227. The van der Waals surface area contributed by atoms with E-state index in [0.29, 0.717) is 6.54 Å². The highest BCUT2D eigenvalue weighted by Gasteiger charge is 2.39. The van der Waals surface area contributed by atoms with Crippen molar-refractivity contribution < 1.29 is 4.74 Å². The number of hydrazine groups is 1. The second kappa shape index (κ2) is 7.66. The van der Waals surface area contributed by atoms with Crippen molar-refractivity contribution in [3.05, 3.63) is 100 Å². The fraction of sp³-hybridized carbons (Fsp3) is 0.308. The summed E-state index contributed by atoms with van der Waals surface area (Å²) in [5, 5.41) is 1.94. The Morgan fingerprint density at radius 3 is 2.03 bits per heavy atom. The van der Waals surface area contributed by atoms with E-state index < -0.39 is 0 Å². The van der Waals surface area contributed by atoms with Crippen molar-refractivity contribution >= 4 is 0 Å². The number of hydrogen-bond acceptors (Lipinski definition) is 3. The first kappa shape index (κ1) is 19.7. The molecule has 1 aliphatic heterocycles. The van der Waals surface area contributed by atoms with Crippen LogP contribution in [0.2, 0.25) is 0 Å². The molecule has 0 aromatic heterocycles. The van der Waals surface area contributed by atoms with Crippen LogP contribution < -0.4 is 10.6 Å². The Morgan fingerprint density at radius 2 is 1.48 bits per heavy atom. The molecule has 2 N–H and O–H groups in total. The van der Waals surface area contributed by atoms with Gasteiger partial charge < -0.3 is 4.74 Å². The fourth-order valence-corrected chi connectivity index (χ4v) is 4.53. The molecule has 0 spiro atoms. The summed E-state index contributed by atoms with van der Waals surface area (Å²) in [6.07, 6.45) is 0.874. The third-order valence-electron chi connectivity index (χ3n) is 6.09. The van der Waals surface area contributed by atoms with Crippen LogP contribution >= 0.6 is 0 Å². The van der Waals surface area contributed by atoms with Crippen LogP contribution in [0.1, 0.15) is 46.3 Å². The molecule has 0 radical (unpaired) electrons. The molecule has 3 nitrogen and oxygen atoms in total. The summed E-state index contributed by atoms with van der Waals surface area (Å²) in [5.41, 5.74) is 7.15. The molecular weight excluding hydrogens is 356 g/mol. The molecule has 1 heterocycles. The zero-order valence-electron chi connectivity index (χ0n) is 17.8. The van der Waals surface area contributed by atoms with Crippen LogP contribution in [-0.2, 0) is 6.42 Å². The number of rotatable bonds is 5. The number of benzene rings is 3. The summed E-state index contributed by atoms with van der Waals surface area (Å²) in [4.78, 5) is 0. The van der Waals surface area contributed by atoms with Crippen LogP contribution in [0.25, 0.3) is 0 Å². The Hall–Kier alpha value is -2.62. The SMILES string of the molecule is Cc1cc(C)c2c(c1C)OC(C)(CN(N)C(c1ccccc1)c1ccccc1)C2. The first-order valence-electron chi connectivity index (χ1n) is 10.3. The Bertz CT molecular complexity index is 961. The van der Waals surface area contributed by atoms with Gasteiger partial charge in [-0.25, -0.2) is 5.01 Å². The minimum Gasteiger partial charge on any atom is -0.485 e. The van der Waals surface area contributed by atoms with Crippen molar-refractivity contribution in [3.8, 4) is 5.75 Å². The molecule has 3 aromatic carbocycles. The fourth-order valence-electron chi connectivity index (χ4n) is 4.53. The van der Waals surface area contributed by atoms with E-state index in [1.54, 1.807) is 0 Å². The van der Waals surface area contributed by atoms with Crippen molar-refractivity contribution in [1.29, 1.82) is 0 Å². The lowest BCUT2D eigenvalue weighted by molar-refractivity contribution is 0.0502. The van der Waals surface area contributed by atoms with Gasteiger partial charge in [-0.05, 0) is 55.5 Å². The molecule has 150 valence electrons. The molecule has 0 amide bonds. The van der Waals surface area contributed by atoms with E-state index in [1.807, 2.05) is 17.1 Å². The Labute approximate surface area is 174 Å². The van der Waals surface area contributed by atoms with E-state index in [4.69, 9.17) is 10.6 Å². The number of fused-ring (bicyclic) bond motifs is 1. The second-order valence-corrected chi connectivity index (χ2v) is 8.57. The molecule has 1 aliphatic rings. The monoisotopic (exact) mass is 386 g/mol. The van der Waals surface area contributed by atoms with Gasteiger partial charge in [0.25, 0.3) is 0 Å². The lowest BCUT2D eigenvalue weighted by Gasteiger charge is -2.35. The molecule has 3 aromatic rings. The average molecular weight is 387 g/mol. The van der Waals surface area contributed by atoms with E-state index in [9.17, 15) is 0 Å². The van der Waals surface area contributed by atoms with Crippen LogP contribution in [0, 0.1) is 20.8 Å². The molecule has 0 saturated heterocycles. The molecule has 1 atom stereocenters. The minimum atomic E-state index is -0.359. The normalized spacial score (nSPS) is 18.2. The van der Waals surface area contributed by atoms with Gasteiger partial charge in [0, 0.05) is 12.0 Å². The highest BCUT2D eigenvalue weighted by atomic mass is 16.5. The third-order valence-corrected chi connectivity index (χ3v) is 6.09. The maximum Gasteiger partial charge on any atom is 0.126 e. The van der Waals surface area contributed by atoms with Crippen molar-refractivity contribution in [2.24, 2.45) is 5.84 Å². The van der Waals surface area contributed by atoms with E-state index in [1.165, 1.54) is 33.4 Å².